The van der Waals surface area contributed by atoms with Gasteiger partial charge in [-0.25, -0.2) is 13.8 Å². The van der Waals surface area contributed by atoms with Gasteiger partial charge in [0.15, 0.2) is 23.1 Å². The summed E-state index contributed by atoms with van der Waals surface area (Å²) in [6.07, 6.45) is 4.34. The number of nitrogens with zero attached hydrogens (tertiary/aromatic N) is 3. The van der Waals surface area contributed by atoms with Gasteiger partial charge in [-0.15, -0.1) is 0 Å². The summed E-state index contributed by atoms with van der Waals surface area (Å²) in [6.45, 7) is 1.86. The molecule has 0 atom stereocenters. The van der Waals surface area contributed by atoms with Crippen LogP contribution in [0.4, 0.5) is 8.78 Å². The lowest BCUT2D eigenvalue weighted by Crippen LogP contribution is -2.22. The molecule has 5 rings (SSSR count). The summed E-state index contributed by atoms with van der Waals surface area (Å²) in [5, 5.41) is 0.611. The molecule has 7 nitrogen and oxygen atoms in total. The molecule has 0 aliphatic heterocycles. The molecule has 192 valence electrons. The monoisotopic (exact) mass is 515 g/mol. The van der Waals surface area contributed by atoms with Crippen LogP contribution < -0.4 is 19.8 Å². The number of pyridine rings is 1. The molecular weight excluding hydrogens is 492 g/mol. The fourth-order valence-electron chi connectivity index (χ4n) is 4.17. The number of halogens is 2. The molecule has 2 heterocycles. The summed E-state index contributed by atoms with van der Waals surface area (Å²) >= 11 is 0. The number of benzene rings is 3. The zero-order valence-electron chi connectivity index (χ0n) is 20.9. The van der Waals surface area contributed by atoms with Crippen LogP contribution in [0.1, 0.15) is 11.1 Å². The minimum Gasteiger partial charge on any atom is -0.493 e. The second-order valence-electron chi connectivity index (χ2n) is 8.60. The number of hydrogen-bond donors (Lipinski definition) is 0. The van der Waals surface area contributed by atoms with Crippen LogP contribution in [0.15, 0.2) is 78.1 Å². The van der Waals surface area contributed by atoms with Crippen molar-refractivity contribution in [3.8, 4) is 34.1 Å². The molecule has 3 aromatic carbocycles. The summed E-state index contributed by atoms with van der Waals surface area (Å²) in [5.41, 5.74) is 2.04. The molecule has 0 saturated carbocycles. The van der Waals surface area contributed by atoms with Gasteiger partial charge >= 0.3 is 0 Å². The lowest BCUT2D eigenvalue weighted by molar-refractivity contribution is 0.355. The summed E-state index contributed by atoms with van der Waals surface area (Å²) in [5.74, 6) is 0.374. The van der Waals surface area contributed by atoms with Crippen molar-refractivity contribution in [1.29, 1.82) is 0 Å². The van der Waals surface area contributed by atoms with E-state index in [0.717, 1.165) is 5.56 Å². The van der Waals surface area contributed by atoms with E-state index in [2.05, 4.69) is 9.97 Å². The van der Waals surface area contributed by atoms with Gasteiger partial charge in [-0.1, -0.05) is 18.2 Å². The lowest BCUT2D eigenvalue weighted by Gasteiger charge is -2.13. The van der Waals surface area contributed by atoms with E-state index in [9.17, 15) is 9.18 Å². The van der Waals surface area contributed by atoms with Crippen LogP contribution in [-0.2, 0) is 6.54 Å². The Morgan fingerprint density at radius 1 is 0.868 bits per heavy atom. The Morgan fingerprint density at radius 3 is 2.39 bits per heavy atom. The van der Waals surface area contributed by atoms with Gasteiger partial charge in [0, 0.05) is 23.8 Å². The molecule has 0 unspecified atom stereocenters. The van der Waals surface area contributed by atoms with E-state index in [1.54, 1.807) is 49.5 Å². The largest absolute Gasteiger partial charge is 0.493 e. The summed E-state index contributed by atoms with van der Waals surface area (Å²) in [6, 6.07) is 14.0. The van der Waals surface area contributed by atoms with E-state index in [1.807, 2.05) is 0 Å². The Balaban J connectivity index is 1.45. The van der Waals surface area contributed by atoms with Gasteiger partial charge in [0.1, 0.15) is 11.6 Å². The first-order chi connectivity index (χ1) is 18.4. The molecule has 0 N–H and O–H groups in total. The molecule has 0 fully saturated rings. The van der Waals surface area contributed by atoms with Crippen LogP contribution >= 0.6 is 0 Å². The first kappa shape index (κ1) is 24.9. The molecule has 0 radical (unpaired) electrons. The Bertz CT molecular complexity index is 1720. The minimum atomic E-state index is -0.656. The van der Waals surface area contributed by atoms with Gasteiger partial charge in [-0.05, 0) is 53.9 Å². The number of hydrogen-bond acceptors (Lipinski definition) is 6. The highest BCUT2D eigenvalue weighted by Gasteiger charge is 2.15. The van der Waals surface area contributed by atoms with Crippen LogP contribution in [0.5, 0.6) is 23.0 Å². The van der Waals surface area contributed by atoms with Crippen molar-refractivity contribution >= 4 is 10.9 Å². The average molecular weight is 516 g/mol. The third kappa shape index (κ3) is 4.78. The number of methoxy groups -OCH3 is 2. The highest BCUT2D eigenvalue weighted by molar-refractivity contribution is 5.88. The molecule has 0 saturated heterocycles. The van der Waals surface area contributed by atoms with E-state index < -0.39 is 5.82 Å². The first-order valence-corrected chi connectivity index (χ1v) is 11.7. The first-order valence-electron chi connectivity index (χ1n) is 11.7. The number of ether oxygens (including phenoxy) is 3. The second kappa shape index (κ2) is 10.3. The fraction of sp³-hybridized carbons (Fsp3) is 0.138. The van der Waals surface area contributed by atoms with Crippen LogP contribution in [0.3, 0.4) is 0 Å². The van der Waals surface area contributed by atoms with Crippen molar-refractivity contribution in [3.63, 3.8) is 0 Å². The maximum atomic E-state index is 15.2. The molecule has 5 aromatic rings. The van der Waals surface area contributed by atoms with Crippen molar-refractivity contribution in [2.45, 2.75) is 13.5 Å². The SMILES string of the molecule is COc1cc2nccc(Oc3ccc(-c4cncn(Cc5ccc(F)c(C)c5)c4=O)cc3F)c2cc1OC. The van der Waals surface area contributed by atoms with Crippen molar-refractivity contribution in [2.24, 2.45) is 0 Å². The van der Waals surface area contributed by atoms with Crippen LogP contribution in [0, 0.1) is 18.6 Å². The van der Waals surface area contributed by atoms with Crippen LogP contribution in [0.25, 0.3) is 22.0 Å². The van der Waals surface area contributed by atoms with Gasteiger partial charge in [0.25, 0.3) is 5.56 Å². The Hall–Kier alpha value is -4.79. The Kier molecular flexibility index (Phi) is 6.74. The zero-order chi connectivity index (χ0) is 26.8. The normalized spacial score (nSPS) is 11.0. The van der Waals surface area contributed by atoms with E-state index in [0.29, 0.717) is 39.3 Å². The van der Waals surface area contributed by atoms with Crippen molar-refractivity contribution < 1.29 is 23.0 Å². The number of fused-ring (bicyclic) bond motifs is 1. The Labute approximate surface area is 216 Å². The maximum absolute atomic E-state index is 15.2. The quantitative estimate of drug-likeness (QED) is 0.269. The molecule has 2 aromatic heterocycles. The Morgan fingerprint density at radius 2 is 1.66 bits per heavy atom. The van der Waals surface area contributed by atoms with Crippen molar-refractivity contribution in [3.05, 3.63) is 106 Å². The third-order valence-electron chi connectivity index (χ3n) is 6.15. The topological polar surface area (TPSA) is 75.5 Å². The standard InChI is InChI=1S/C29H23F2N3O4/c1-17-10-18(4-6-22(17)30)15-34-16-32-14-21(29(34)35)19-5-7-26(23(31)11-19)38-25-8-9-33-24-13-28(37-3)27(36-2)12-20(24)25/h4-14,16H,15H2,1-3H3. The minimum absolute atomic E-state index is 0.0259. The van der Waals surface area contributed by atoms with E-state index in [4.69, 9.17) is 14.2 Å². The predicted molar refractivity (Wildman–Crippen MR) is 139 cm³/mol. The molecule has 0 aliphatic rings. The predicted octanol–water partition coefficient (Wildman–Crippen LogP) is 5.90. The fourth-order valence-corrected chi connectivity index (χ4v) is 4.17. The van der Waals surface area contributed by atoms with Gasteiger partial charge in [-0.2, -0.15) is 0 Å². The molecule has 38 heavy (non-hydrogen) atoms. The van der Waals surface area contributed by atoms with Crippen molar-refractivity contribution in [1.82, 2.24) is 14.5 Å². The highest BCUT2D eigenvalue weighted by Crippen LogP contribution is 2.37. The maximum Gasteiger partial charge on any atom is 0.261 e. The van der Waals surface area contributed by atoms with Crippen LogP contribution in [-0.4, -0.2) is 28.8 Å². The van der Waals surface area contributed by atoms with E-state index in [-0.39, 0.29) is 29.2 Å². The number of rotatable bonds is 7. The van der Waals surface area contributed by atoms with Gasteiger partial charge in [0.05, 0.1) is 38.2 Å². The molecule has 9 heteroatoms. The molecule has 0 amide bonds. The highest BCUT2D eigenvalue weighted by atomic mass is 19.1. The molecule has 0 spiro atoms. The number of aromatic nitrogens is 3. The smallest absolute Gasteiger partial charge is 0.261 e. The third-order valence-corrected chi connectivity index (χ3v) is 6.15. The van der Waals surface area contributed by atoms with Gasteiger partial charge in [0.2, 0.25) is 0 Å². The molecule has 0 aliphatic carbocycles. The second-order valence-corrected chi connectivity index (χ2v) is 8.60. The van der Waals surface area contributed by atoms with Gasteiger partial charge in [-0.3, -0.25) is 14.3 Å². The van der Waals surface area contributed by atoms with Crippen LogP contribution in [0.2, 0.25) is 0 Å². The zero-order valence-corrected chi connectivity index (χ0v) is 20.9. The summed E-state index contributed by atoms with van der Waals surface area (Å²) in [7, 11) is 3.05. The number of aryl methyl sites for hydroxylation is 1. The van der Waals surface area contributed by atoms with Gasteiger partial charge < -0.3 is 14.2 Å². The molecular formula is C29H23F2N3O4. The van der Waals surface area contributed by atoms with Crippen molar-refractivity contribution in [2.75, 3.05) is 14.2 Å². The average Bonchev–Trinajstić information content (AvgIpc) is 2.92. The molecule has 0 bridgehead atoms. The summed E-state index contributed by atoms with van der Waals surface area (Å²) in [4.78, 5) is 21.6. The summed E-state index contributed by atoms with van der Waals surface area (Å²) < 4.78 is 46.8. The van der Waals surface area contributed by atoms with E-state index >= 15 is 4.39 Å². The lowest BCUT2D eigenvalue weighted by atomic mass is 10.1. The van der Waals surface area contributed by atoms with E-state index in [1.165, 1.54) is 49.5 Å².